The van der Waals surface area contributed by atoms with Gasteiger partial charge in [0.25, 0.3) is 15.9 Å². The van der Waals surface area contributed by atoms with Gasteiger partial charge in [-0.05, 0) is 45.2 Å². The fourth-order valence-corrected chi connectivity index (χ4v) is 5.53. The van der Waals surface area contributed by atoms with Gasteiger partial charge in [-0.1, -0.05) is 6.92 Å². The molecule has 0 unspecified atom stereocenters. The van der Waals surface area contributed by atoms with Crippen molar-refractivity contribution in [3.8, 4) is 5.82 Å². The summed E-state index contributed by atoms with van der Waals surface area (Å²) in [5, 5.41) is 8.15. The molecule has 0 bridgehead atoms. The van der Waals surface area contributed by atoms with E-state index in [9.17, 15) is 13.2 Å². The van der Waals surface area contributed by atoms with Gasteiger partial charge >= 0.3 is 41.7 Å². The van der Waals surface area contributed by atoms with Gasteiger partial charge in [0.1, 0.15) is 16.5 Å². The Labute approximate surface area is 255 Å². The Morgan fingerprint density at radius 1 is 1.24 bits per heavy atom. The van der Waals surface area contributed by atoms with Crippen molar-refractivity contribution in [2.45, 2.75) is 51.5 Å². The molecule has 1 aliphatic heterocycles. The van der Waals surface area contributed by atoms with Crippen molar-refractivity contribution in [1.82, 2.24) is 29.3 Å². The van der Waals surface area contributed by atoms with E-state index in [1.54, 1.807) is 50.0 Å². The summed E-state index contributed by atoms with van der Waals surface area (Å²) >= 11 is 0. The molecule has 4 rings (SSSR count). The number of amides is 1. The zero-order valence-electron chi connectivity index (χ0n) is 22.9. The van der Waals surface area contributed by atoms with Crippen molar-refractivity contribution >= 4 is 21.7 Å². The predicted molar refractivity (Wildman–Crippen MR) is 142 cm³/mol. The summed E-state index contributed by atoms with van der Waals surface area (Å²) in [7, 11) is -2.48. The van der Waals surface area contributed by atoms with Gasteiger partial charge in [-0.25, -0.2) is 18.1 Å². The Balaban J connectivity index is 0.00000253. The van der Waals surface area contributed by atoms with Crippen LogP contribution in [0.4, 0.5) is 5.82 Å². The second-order valence-electron chi connectivity index (χ2n) is 8.85. The average Bonchev–Trinajstić information content (AvgIpc) is 3.48. The maximum Gasteiger partial charge on any atom is 4.00 e. The Bertz CT molecular complexity index is 1270. The number of sulfonamides is 1. The van der Waals surface area contributed by atoms with Crippen LogP contribution in [0.5, 0.6) is 0 Å². The number of carbonyl (C=O) groups excluding carboxylic acids is 1. The summed E-state index contributed by atoms with van der Waals surface area (Å²) in [6, 6.07) is 4.87. The molecule has 0 saturated carbocycles. The molecule has 1 fully saturated rings. The topological polar surface area (TPSA) is 115 Å². The van der Waals surface area contributed by atoms with E-state index in [0.29, 0.717) is 29.8 Å². The molecule has 4 heterocycles. The van der Waals surface area contributed by atoms with Gasteiger partial charge in [-0.2, -0.15) is 18.1 Å². The monoisotopic (exact) mass is 655 g/mol. The average molecular weight is 656 g/mol. The van der Waals surface area contributed by atoms with Crippen molar-refractivity contribution in [2.75, 3.05) is 11.4 Å². The quantitative estimate of drug-likeness (QED) is 0.418. The molecule has 200 valence electrons. The van der Waals surface area contributed by atoms with Gasteiger partial charge in [0.05, 0.1) is 11.3 Å². The van der Waals surface area contributed by atoms with Crippen molar-refractivity contribution in [2.24, 2.45) is 13.0 Å². The van der Waals surface area contributed by atoms with E-state index in [4.69, 9.17) is 4.98 Å². The van der Waals surface area contributed by atoms with Crippen molar-refractivity contribution in [3.63, 3.8) is 0 Å². The van der Waals surface area contributed by atoms with Crippen LogP contribution in [0, 0.1) is 82.6 Å². The summed E-state index contributed by atoms with van der Waals surface area (Å²) in [4.78, 5) is 19.9. The van der Waals surface area contributed by atoms with Crippen LogP contribution in [0.2, 0.25) is 0 Å². The number of hydrogen-bond donors (Lipinski definition) is 1. The third-order valence-electron chi connectivity index (χ3n) is 5.61. The zero-order chi connectivity index (χ0) is 25.3. The van der Waals surface area contributed by atoms with Crippen LogP contribution in [0.25, 0.3) is 5.82 Å². The van der Waals surface area contributed by atoms with E-state index in [1.807, 2.05) is 0 Å². The number of carbonyl (C=O) groups is 1. The van der Waals surface area contributed by atoms with Crippen molar-refractivity contribution in [1.29, 1.82) is 0 Å². The third kappa shape index (κ3) is 7.61. The number of rotatable bonds is 5. The SMILES string of the molecule is Cc1nn(C)cc1S(=O)(=O)NC(=O)c1ccc(-n2cc[c-]n2)nc1N1C[C@@H](C)CC1(C)C.[CH2-]C.[CH3-].[CH3-].[Ce+4]. The normalized spacial score (nSPS) is 15.9. The van der Waals surface area contributed by atoms with Gasteiger partial charge < -0.3 is 36.5 Å². The fraction of sp³-hybridized carbons (Fsp3) is 0.400. The van der Waals surface area contributed by atoms with E-state index in [0.717, 1.165) is 6.42 Å². The second-order valence-corrected chi connectivity index (χ2v) is 10.5. The molecule has 12 heteroatoms. The maximum absolute atomic E-state index is 13.2. The molecule has 3 aromatic heterocycles. The van der Waals surface area contributed by atoms with Crippen LogP contribution in [0.3, 0.4) is 0 Å². The number of anilines is 1. The minimum absolute atomic E-state index is 0. The van der Waals surface area contributed by atoms with Gasteiger partial charge in [-0.3, -0.25) is 9.48 Å². The van der Waals surface area contributed by atoms with Crippen molar-refractivity contribution < 1.29 is 55.0 Å². The Kier molecular flexibility index (Phi) is 13.1. The number of nitrogens with one attached hydrogen (secondary N) is 1. The molecule has 1 amide bonds. The number of aryl methyl sites for hydroxylation is 2. The summed E-state index contributed by atoms with van der Waals surface area (Å²) < 4.78 is 30.9. The van der Waals surface area contributed by atoms with Crippen molar-refractivity contribution in [3.05, 3.63) is 69.8 Å². The molecule has 1 N–H and O–H groups in total. The Morgan fingerprint density at radius 3 is 2.38 bits per heavy atom. The summed E-state index contributed by atoms with van der Waals surface area (Å²) in [5.74, 6) is 0.581. The van der Waals surface area contributed by atoms with E-state index >= 15 is 0 Å². The molecule has 37 heavy (non-hydrogen) atoms. The van der Waals surface area contributed by atoms with Gasteiger partial charge in [0.2, 0.25) is 0 Å². The number of pyridine rings is 1. The first-order chi connectivity index (χ1) is 16.0. The first-order valence-electron chi connectivity index (χ1n) is 11.0. The Hall–Kier alpha value is -1.83. The molecule has 0 aromatic carbocycles. The zero-order valence-corrected chi connectivity index (χ0v) is 26.9. The summed E-state index contributed by atoms with van der Waals surface area (Å²) in [6.45, 7) is 13.6. The van der Waals surface area contributed by atoms with E-state index < -0.39 is 15.9 Å². The largest absolute Gasteiger partial charge is 4.00 e. The molecule has 0 aliphatic carbocycles. The number of nitrogens with zero attached hydrogens (tertiary/aromatic N) is 6. The van der Waals surface area contributed by atoms with Gasteiger partial charge in [0.15, 0.2) is 0 Å². The van der Waals surface area contributed by atoms with Crippen LogP contribution < -0.4 is 9.62 Å². The van der Waals surface area contributed by atoms with Crippen LogP contribution in [0.15, 0.2) is 35.5 Å². The van der Waals surface area contributed by atoms with E-state index in [2.05, 4.69) is 53.7 Å². The second kappa shape index (κ2) is 13.8. The molecule has 1 saturated heterocycles. The fourth-order valence-electron chi connectivity index (χ4n) is 4.34. The molecular formula is C25H37CeN7O3S. The standard InChI is InChI=1S/C21H26N7O3S.C2H5.2CH3.Ce/c1-14-11-21(3,4)27(12-14)19-16(7-8-18(23-19)28-10-6-9-22-28)20(29)25-32(30,31)17-13-26(5)24-15(17)2;1-2;;;/h6-8,10,13-14H,11-12H2,1-5H3,(H,25,29);1H2,2H3;2*1H3;/q4*-1;+4/t14-;;;;/m0..../s1. The predicted octanol–water partition coefficient (Wildman–Crippen LogP) is 3.59. The van der Waals surface area contributed by atoms with Crippen LogP contribution >= 0.6 is 0 Å². The Morgan fingerprint density at radius 2 is 1.89 bits per heavy atom. The van der Waals surface area contributed by atoms with Gasteiger partial charge in [0, 0.05) is 25.3 Å². The molecule has 10 nitrogen and oxygen atoms in total. The van der Waals surface area contributed by atoms with Crippen LogP contribution in [0.1, 0.15) is 50.2 Å². The molecule has 0 radical (unpaired) electrons. The maximum atomic E-state index is 13.2. The minimum atomic E-state index is -4.10. The molecule has 3 aromatic rings. The molecule has 0 spiro atoms. The van der Waals surface area contributed by atoms with E-state index in [1.165, 1.54) is 10.9 Å². The summed E-state index contributed by atoms with van der Waals surface area (Å²) in [6.07, 6.45) is 6.72. The first kappa shape index (κ1) is 35.2. The number of aromatic nitrogens is 5. The van der Waals surface area contributed by atoms with Gasteiger partial charge in [-0.15, -0.1) is 12.4 Å². The summed E-state index contributed by atoms with van der Waals surface area (Å²) in [5.41, 5.74) is 0.234. The third-order valence-corrected chi connectivity index (χ3v) is 7.04. The smallest absolute Gasteiger partial charge is 0.358 e. The molecular weight excluding hydrogens is 619 g/mol. The first-order valence-corrected chi connectivity index (χ1v) is 12.4. The molecule has 1 atom stereocenters. The van der Waals surface area contributed by atoms with E-state index in [-0.39, 0.29) is 72.6 Å². The molecule has 1 aliphatic rings. The number of hydrogen-bond acceptors (Lipinski definition) is 7. The van der Waals surface area contributed by atoms with Crippen LogP contribution in [-0.2, 0) is 17.1 Å². The van der Waals surface area contributed by atoms with Crippen LogP contribution in [-0.4, -0.2) is 51.0 Å². The minimum Gasteiger partial charge on any atom is -0.358 e.